The Morgan fingerprint density at radius 1 is 1.37 bits per heavy atom. The molecule has 0 saturated carbocycles. The highest BCUT2D eigenvalue weighted by Crippen LogP contribution is 2.18. The van der Waals surface area contributed by atoms with Crippen molar-refractivity contribution in [2.75, 3.05) is 13.6 Å². The van der Waals surface area contributed by atoms with E-state index in [1.54, 1.807) is 11.6 Å². The van der Waals surface area contributed by atoms with Crippen LogP contribution in [0.4, 0.5) is 8.78 Å². The molecular weight excluding hydrogens is 276 g/mol. The van der Waals surface area contributed by atoms with Crippen molar-refractivity contribution in [3.63, 3.8) is 0 Å². The second-order valence-corrected chi connectivity index (χ2v) is 6.21. The van der Waals surface area contributed by atoms with Crippen molar-refractivity contribution in [2.24, 2.45) is 0 Å². The van der Waals surface area contributed by atoms with Gasteiger partial charge in [0.2, 0.25) is 10.0 Å². The molecular formula is C11H19F2N3O2S. The summed E-state index contributed by atoms with van der Waals surface area (Å²) in [4.78, 5) is 0.00657. The van der Waals surface area contributed by atoms with Crippen LogP contribution in [0, 0.1) is 0 Å². The molecule has 0 atom stereocenters. The molecule has 0 aliphatic heterocycles. The van der Waals surface area contributed by atoms with Crippen molar-refractivity contribution in [2.45, 2.75) is 37.8 Å². The van der Waals surface area contributed by atoms with Gasteiger partial charge in [0.1, 0.15) is 0 Å². The summed E-state index contributed by atoms with van der Waals surface area (Å²) in [6, 6.07) is 1.58. The van der Waals surface area contributed by atoms with E-state index in [9.17, 15) is 17.2 Å². The van der Waals surface area contributed by atoms with Gasteiger partial charge in [0.15, 0.2) is 0 Å². The SMILES string of the molecule is CNCc1cc(S(=O)(=O)NCC(F)F)cn1C(C)C. The fourth-order valence-electron chi connectivity index (χ4n) is 1.70. The predicted molar refractivity (Wildman–Crippen MR) is 68.8 cm³/mol. The van der Waals surface area contributed by atoms with Gasteiger partial charge in [-0.05, 0) is 27.0 Å². The lowest BCUT2D eigenvalue weighted by atomic mass is 10.3. The minimum absolute atomic E-state index is 0.00657. The van der Waals surface area contributed by atoms with Crippen LogP contribution in [-0.4, -0.2) is 33.0 Å². The summed E-state index contributed by atoms with van der Waals surface area (Å²) >= 11 is 0. The van der Waals surface area contributed by atoms with Crippen molar-refractivity contribution < 1.29 is 17.2 Å². The lowest BCUT2D eigenvalue weighted by Gasteiger charge is -2.11. The van der Waals surface area contributed by atoms with E-state index in [1.807, 2.05) is 18.6 Å². The highest BCUT2D eigenvalue weighted by Gasteiger charge is 2.20. The zero-order valence-corrected chi connectivity index (χ0v) is 12.0. The minimum atomic E-state index is -3.89. The zero-order valence-electron chi connectivity index (χ0n) is 11.2. The van der Waals surface area contributed by atoms with E-state index in [4.69, 9.17) is 0 Å². The van der Waals surface area contributed by atoms with Crippen LogP contribution in [0.5, 0.6) is 0 Å². The first kappa shape index (κ1) is 16.1. The molecule has 1 heterocycles. The van der Waals surface area contributed by atoms with E-state index in [1.165, 1.54) is 12.3 Å². The summed E-state index contributed by atoms with van der Waals surface area (Å²) in [5.74, 6) is 0. The molecule has 8 heteroatoms. The van der Waals surface area contributed by atoms with E-state index >= 15 is 0 Å². The summed E-state index contributed by atoms with van der Waals surface area (Å²) in [5, 5.41) is 2.94. The van der Waals surface area contributed by atoms with Gasteiger partial charge in [0.25, 0.3) is 6.43 Å². The molecule has 1 aromatic heterocycles. The molecule has 0 aromatic carbocycles. The first-order chi connectivity index (χ1) is 8.77. The van der Waals surface area contributed by atoms with Crippen molar-refractivity contribution in [1.29, 1.82) is 0 Å². The minimum Gasteiger partial charge on any atom is -0.346 e. The van der Waals surface area contributed by atoms with Crippen LogP contribution >= 0.6 is 0 Å². The molecule has 2 N–H and O–H groups in total. The summed E-state index contributed by atoms with van der Waals surface area (Å²) < 4.78 is 51.5. The first-order valence-corrected chi connectivity index (χ1v) is 7.39. The molecule has 0 bridgehead atoms. The van der Waals surface area contributed by atoms with Crippen LogP contribution in [0.2, 0.25) is 0 Å². The number of hydrogen-bond donors (Lipinski definition) is 2. The predicted octanol–water partition coefficient (Wildman–Crippen LogP) is 1.33. The third kappa shape index (κ3) is 4.26. The zero-order chi connectivity index (χ0) is 14.6. The number of alkyl halides is 2. The number of halogens is 2. The van der Waals surface area contributed by atoms with E-state index in [2.05, 4.69) is 5.32 Å². The third-order valence-electron chi connectivity index (χ3n) is 2.56. The number of aromatic nitrogens is 1. The summed E-state index contributed by atoms with van der Waals surface area (Å²) in [6.07, 6.45) is -1.25. The average molecular weight is 295 g/mol. The van der Waals surface area contributed by atoms with Gasteiger partial charge in [-0.2, -0.15) is 0 Å². The lowest BCUT2D eigenvalue weighted by Crippen LogP contribution is -2.28. The molecule has 0 aliphatic rings. The Morgan fingerprint density at radius 2 is 2.00 bits per heavy atom. The highest BCUT2D eigenvalue weighted by molar-refractivity contribution is 7.89. The van der Waals surface area contributed by atoms with Crippen molar-refractivity contribution in [3.8, 4) is 0 Å². The molecule has 1 rings (SSSR count). The Balaban J connectivity index is 3.03. The van der Waals surface area contributed by atoms with E-state index < -0.39 is 23.0 Å². The maximum atomic E-state index is 12.1. The fourth-order valence-corrected chi connectivity index (χ4v) is 2.76. The van der Waals surface area contributed by atoms with Crippen molar-refractivity contribution >= 4 is 10.0 Å². The van der Waals surface area contributed by atoms with Gasteiger partial charge < -0.3 is 9.88 Å². The number of sulfonamides is 1. The molecule has 5 nitrogen and oxygen atoms in total. The van der Waals surface area contributed by atoms with Crippen molar-refractivity contribution in [3.05, 3.63) is 18.0 Å². The number of hydrogen-bond acceptors (Lipinski definition) is 3. The van der Waals surface area contributed by atoms with E-state index in [-0.39, 0.29) is 10.9 Å². The van der Waals surface area contributed by atoms with Crippen LogP contribution in [0.3, 0.4) is 0 Å². The average Bonchev–Trinajstić information content (AvgIpc) is 2.72. The van der Waals surface area contributed by atoms with Crippen LogP contribution in [0.25, 0.3) is 0 Å². The molecule has 110 valence electrons. The van der Waals surface area contributed by atoms with Crippen LogP contribution in [0.1, 0.15) is 25.6 Å². The molecule has 0 saturated heterocycles. The Labute approximate surface area is 112 Å². The third-order valence-corrected chi connectivity index (χ3v) is 3.95. The largest absolute Gasteiger partial charge is 0.346 e. The van der Waals surface area contributed by atoms with E-state index in [0.29, 0.717) is 6.54 Å². The lowest BCUT2D eigenvalue weighted by molar-refractivity contribution is 0.153. The van der Waals surface area contributed by atoms with Gasteiger partial charge in [0.05, 0.1) is 11.4 Å². The van der Waals surface area contributed by atoms with Crippen LogP contribution in [0.15, 0.2) is 17.2 Å². The molecule has 0 spiro atoms. The Hall–Kier alpha value is -0.990. The Kier molecular flexibility index (Phi) is 5.45. The van der Waals surface area contributed by atoms with Gasteiger partial charge in [-0.15, -0.1) is 0 Å². The van der Waals surface area contributed by atoms with Gasteiger partial charge >= 0.3 is 0 Å². The number of nitrogens with one attached hydrogen (secondary N) is 2. The number of rotatable bonds is 7. The van der Waals surface area contributed by atoms with Gasteiger partial charge in [-0.3, -0.25) is 0 Å². The molecule has 1 aromatic rings. The standard InChI is InChI=1S/C11H19F2N3O2S/c1-8(2)16-7-10(4-9(16)5-14-3)19(17,18)15-6-11(12)13/h4,7-8,11,14-15H,5-6H2,1-3H3. The fraction of sp³-hybridized carbons (Fsp3) is 0.636. The monoisotopic (exact) mass is 295 g/mol. The molecule has 0 fully saturated rings. The molecule has 0 aliphatic carbocycles. The summed E-state index contributed by atoms with van der Waals surface area (Å²) in [5.41, 5.74) is 0.787. The van der Waals surface area contributed by atoms with Crippen LogP contribution in [-0.2, 0) is 16.6 Å². The Bertz CT molecular complexity index is 512. The van der Waals surface area contributed by atoms with Gasteiger partial charge in [-0.1, -0.05) is 0 Å². The molecule has 19 heavy (non-hydrogen) atoms. The first-order valence-electron chi connectivity index (χ1n) is 5.91. The maximum absolute atomic E-state index is 12.1. The molecule has 0 amide bonds. The summed E-state index contributed by atoms with van der Waals surface area (Å²) in [7, 11) is -2.14. The molecule has 0 radical (unpaired) electrons. The van der Waals surface area contributed by atoms with Crippen molar-refractivity contribution in [1.82, 2.24) is 14.6 Å². The Morgan fingerprint density at radius 3 is 2.47 bits per heavy atom. The second-order valence-electron chi connectivity index (χ2n) is 4.44. The normalized spacial score (nSPS) is 12.6. The quantitative estimate of drug-likeness (QED) is 0.798. The highest BCUT2D eigenvalue weighted by atomic mass is 32.2. The smallest absolute Gasteiger partial charge is 0.251 e. The van der Waals surface area contributed by atoms with Gasteiger partial charge in [0, 0.05) is 24.5 Å². The molecule has 0 unspecified atom stereocenters. The maximum Gasteiger partial charge on any atom is 0.251 e. The number of nitrogens with zero attached hydrogens (tertiary/aromatic N) is 1. The van der Waals surface area contributed by atoms with Gasteiger partial charge in [-0.25, -0.2) is 21.9 Å². The van der Waals surface area contributed by atoms with E-state index in [0.717, 1.165) is 5.69 Å². The topological polar surface area (TPSA) is 63.1 Å². The second kappa shape index (κ2) is 6.44. The van der Waals surface area contributed by atoms with Crippen LogP contribution < -0.4 is 10.0 Å². The summed E-state index contributed by atoms with van der Waals surface area (Å²) in [6.45, 7) is 3.46.